The van der Waals surface area contributed by atoms with Crippen molar-refractivity contribution in [2.24, 2.45) is 10.2 Å². The van der Waals surface area contributed by atoms with Crippen LogP contribution < -0.4 is 0 Å². The van der Waals surface area contributed by atoms with Gasteiger partial charge in [-0.15, -0.1) is 0 Å². The van der Waals surface area contributed by atoms with Crippen molar-refractivity contribution in [3.05, 3.63) is 23.9 Å². The molecule has 2 rings (SSSR count). The number of ether oxygens (including phenoxy) is 1. The lowest BCUT2D eigenvalue weighted by molar-refractivity contribution is 0.0303. The van der Waals surface area contributed by atoms with E-state index in [0.717, 1.165) is 38.3 Å². The van der Waals surface area contributed by atoms with Crippen LogP contribution in [0.25, 0.3) is 0 Å². The van der Waals surface area contributed by atoms with Gasteiger partial charge in [0.25, 0.3) is 0 Å². The molecule has 0 bridgehead atoms. The zero-order valence-corrected chi connectivity index (χ0v) is 11.4. The second-order valence-corrected chi connectivity index (χ2v) is 5.00. The maximum absolute atomic E-state index is 5.55. The lowest BCUT2D eigenvalue weighted by Gasteiger charge is -2.28. The number of allylic oxidation sites excluding steroid dienone is 1. The van der Waals surface area contributed by atoms with E-state index in [-0.39, 0.29) is 5.60 Å². The van der Waals surface area contributed by atoms with E-state index < -0.39 is 0 Å². The fourth-order valence-corrected chi connectivity index (χ4v) is 2.41. The number of hydrogen-bond donors (Lipinski definition) is 0. The van der Waals surface area contributed by atoms with Crippen molar-refractivity contribution in [2.45, 2.75) is 38.2 Å². The Morgan fingerprint density at radius 1 is 1.39 bits per heavy atom. The average molecular weight is 249 g/mol. The number of methoxy groups -OCH3 is 1. The largest absolute Gasteiger partial charge is 0.374 e. The summed E-state index contributed by atoms with van der Waals surface area (Å²) in [5, 5.41) is 8.55. The first kappa shape index (κ1) is 13.4. The van der Waals surface area contributed by atoms with Crippen LogP contribution in [0.3, 0.4) is 0 Å². The zero-order valence-electron chi connectivity index (χ0n) is 11.4. The fraction of sp³-hybridized carbons (Fsp3) is 0.714. The monoisotopic (exact) mass is 249 g/mol. The van der Waals surface area contributed by atoms with Gasteiger partial charge in [-0.25, -0.2) is 0 Å². The van der Waals surface area contributed by atoms with E-state index in [1.54, 1.807) is 7.11 Å². The van der Waals surface area contributed by atoms with Crippen LogP contribution in [0.15, 0.2) is 34.2 Å². The molecular weight excluding hydrogens is 226 g/mol. The number of azo groups is 1. The third-order valence-corrected chi connectivity index (χ3v) is 3.87. The van der Waals surface area contributed by atoms with Crippen LogP contribution in [0.1, 0.15) is 32.6 Å². The Morgan fingerprint density at radius 3 is 2.72 bits per heavy atom. The van der Waals surface area contributed by atoms with Crippen LogP contribution in [0.2, 0.25) is 0 Å². The Kier molecular flexibility index (Phi) is 4.66. The van der Waals surface area contributed by atoms with Gasteiger partial charge in [-0.2, -0.15) is 10.2 Å². The second-order valence-electron chi connectivity index (χ2n) is 5.00. The van der Waals surface area contributed by atoms with E-state index in [1.807, 2.05) is 6.08 Å². The van der Waals surface area contributed by atoms with Crippen LogP contribution in [0, 0.1) is 0 Å². The molecule has 1 fully saturated rings. The molecule has 1 unspecified atom stereocenters. The minimum Gasteiger partial charge on any atom is -0.374 e. The van der Waals surface area contributed by atoms with Gasteiger partial charge < -0.3 is 4.74 Å². The van der Waals surface area contributed by atoms with Gasteiger partial charge in [0.1, 0.15) is 6.67 Å². The fourth-order valence-electron chi connectivity index (χ4n) is 2.41. The maximum Gasteiger partial charge on any atom is 0.113 e. The van der Waals surface area contributed by atoms with E-state index in [1.165, 1.54) is 12.8 Å². The lowest BCUT2D eigenvalue weighted by Crippen LogP contribution is -2.28. The van der Waals surface area contributed by atoms with Crippen molar-refractivity contribution in [1.82, 2.24) is 4.90 Å². The van der Waals surface area contributed by atoms with E-state index in [0.29, 0.717) is 0 Å². The van der Waals surface area contributed by atoms with Crippen molar-refractivity contribution in [3.63, 3.8) is 0 Å². The normalized spacial score (nSPS) is 29.1. The molecule has 0 aromatic heterocycles. The predicted molar refractivity (Wildman–Crippen MR) is 72.4 cm³/mol. The highest BCUT2D eigenvalue weighted by Gasteiger charge is 2.25. The minimum atomic E-state index is -0.131. The Labute approximate surface area is 109 Å². The highest BCUT2D eigenvalue weighted by Crippen LogP contribution is 2.27. The van der Waals surface area contributed by atoms with Gasteiger partial charge in [-0.3, -0.25) is 4.90 Å². The summed E-state index contributed by atoms with van der Waals surface area (Å²) in [6.45, 7) is 5.20. The first-order chi connectivity index (χ1) is 8.78. The smallest absolute Gasteiger partial charge is 0.113 e. The predicted octanol–water partition coefficient (Wildman–Crippen LogP) is 3.13. The molecule has 0 saturated carbocycles. The van der Waals surface area contributed by atoms with Gasteiger partial charge in [-0.05, 0) is 38.4 Å². The van der Waals surface area contributed by atoms with Crippen LogP contribution in [0.5, 0.6) is 0 Å². The molecule has 1 saturated heterocycles. The molecule has 100 valence electrons. The van der Waals surface area contributed by atoms with E-state index in [4.69, 9.17) is 4.74 Å². The standard InChI is InChI=1S/C14H23N3O/c1-3-14(18-2)8-6-13(7-9-14)16-15-12-17-10-4-5-11-17/h6-8H,3-5,9-12H2,1-2H3. The molecule has 4 nitrogen and oxygen atoms in total. The number of nitrogens with zero attached hydrogens (tertiary/aromatic N) is 3. The summed E-state index contributed by atoms with van der Waals surface area (Å²) in [5.74, 6) is 0. The Hall–Kier alpha value is -1.00. The van der Waals surface area contributed by atoms with Gasteiger partial charge >= 0.3 is 0 Å². The minimum absolute atomic E-state index is 0.131. The topological polar surface area (TPSA) is 37.2 Å². The summed E-state index contributed by atoms with van der Waals surface area (Å²) in [6, 6.07) is 0. The summed E-state index contributed by atoms with van der Waals surface area (Å²) in [7, 11) is 1.77. The summed E-state index contributed by atoms with van der Waals surface area (Å²) >= 11 is 0. The van der Waals surface area contributed by atoms with E-state index in [2.05, 4.69) is 34.2 Å². The molecule has 1 atom stereocenters. The molecule has 0 aromatic rings. The highest BCUT2D eigenvalue weighted by atomic mass is 16.5. The molecule has 0 amide bonds. The van der Waals surface area contributed by atoms with Crippen LogP contribution in [-0.4, -0.2) is 37.4 Å². The maximum atomic E-state index is 5.55. The van der Waals surface area contributed by atoms with Crippen molar-refractivity contribution in [2.75, 3.05) is 26.9 Å². The molecule has 0 N–H and O–H groups in total. The molecule has 0 spiro atoms. The van der Waals surface area contributed by atoms with E-state index in [9.17, 15) is 0 Å². The summed E-state index contributed by atoms with van der Waals surface area (Å²) in [6.07, 6.45) is 10.7. The van der Waals surface area contributed by atoms with Gasteiger partial charge in [0.05, 0.1) is 11.3 Å². The first-order valence-electron chi connectivity index (χ1n) is 6.82. The molecule has 1 aliphatic carbocycles. The molecule has 0 aromatic carbocycles. The van der Waals surface area contributed by atoms with Crippen LogP contribution in [-0.2, 0) is 4.74 Å². The third-order valence-electron chi connectivity index (χ3n) is 3.87. The van der Waals surface area contributed by atoms with Gasteiger partial charge in [0.2, 0.25) is 0 Å². The van der Waals surface area contributed by atoms with Crippen molar-refractivity contribution >= 4 is 0 Å². The van der Waals surface area contributed by atoms with Gasteiger partial charge in [-0.1, -0.05) is 19.1 Å². The molecule has 1 heterocycles. The van der Waals surface area contributed by atoms with Crippen LogP contribution >= 0.6 is 0 Å². The first-order valence-corrected chi connectivity index (χ1v) is 6.82. The Morgan fingerprint density at radius 2 is 2.17 bits per heavy atom. The average Bonchev–Trinajstić information content (AvgIpc) is 2.93. The Bertz CT molecular complexity index is 350. The quantitative estimate of drug-likeness (QED) is 0.702. The Balaban J connectivity index is 1.83. The van der Waals surface area contributed by atoms with Crippen molar-refractivity contribution in [3.8, 4) is 0 Å². The van der Waals surface area contributed by atoms with Gasteiger partial charge in [0.15, 0.2) is 0 Å². The zero-order chi connectivity index (χ0) is 12.8. The van der Waals surface area contributed by atoms with E-state index >= 15 is 0 Å². The molecule has 4 heteroatoms. The molecular formula is C14H23N3O. The summed E-state index contributed by atoms with van der Waals surface area (Å²) < 4.78 is 5.55. The summed E-state index contributed by atoms with van der Waals surface area (Å²) in [5.41, 5.74) is 0.823. The lowest BCUT2D eigenvalue weighted by atomic mass is 9.91. The molecule has 2 aliphatic rings. The van der Waals surface area contributed by atoms with Gasteiger partial charge in [0, 0.05) is 13.5 Å². The third kappa shape index (κ3) is 3.27. The second kappa shape index (κ2) is 6.25. The van der Waals surface area contributed by atoms with Crippen molar-refractivity contribution in [1.29, 1.82) is 0 Å². The summed E-state index contributed by atoms with van der Waals surface area (Å²) in [4.78, 5) is 2.34. The SMILES string of the molecule is CCC1(OC)C=CC(N=NCN2CCCC2)=CC1. The number of likely N-dealkylation sites (tertiary alicyclic amines) is 1. The molecule has 0 radical (unpaired) electrons. The highest BCUT2D eigenvalue weighted by molar-refractivity contribution is 5.26. The van der Waals surface area contributed by atoms with Crippen molar-refractivity contribution < 1.29 is 4.74 Å². The number of rotatable bonds is 5. The molecule has 1 aliphatic heterocycles. The number of hydrogen-bond acceptors (Lipinski definition) is 4. The molecule has 18 heavy (non-hydrogen) atoms. The van der Waals surface area contributed by atoms with Crippen LogP contribution in [0.4, 0.5) is 0 Å².